The fourth-order valence-electron chi connectivity index (χ4n) is 2.07. The van der Waals surface area contributed by atoms with E-state index >= 15 is 0 Å². The van der Waals surface area contributed by atoms with E-state index in [1.54, 1.807) is 24.3 Å². The lowest BCUT2D eigenvalue weighted by atomic mass is 10.1. The molecule has 0 aliphatic heterocycles. The number of ether oxygens (including phenoxy) is 2. The molecule has 25 heavy (non-hydrogen) atoms. The van der Waals surface area contributed by atoms with Gasteiger partial charge in [-0.3, -0.25) is 14.9 Å². The van der Waals surface area contributed by atoms with E-state index in [1.807, 2.05) is 0 Å². The van der Waals surface area contributed by atoms with E-state index in [-0.39, 0.29) is 22.7 Å². The highest BCUT2D eigenvalue weighted by Gasteiger charge is 2.22. The Labute approximate surface area is 143 Å². The first-order valence-electron chi connectivity index (χ1n) is 7.32. The van der Waals surface area contributed by atoms with Gasteiger partial charge in [0.1, 0.15) is 0 Å². The van der Waals surface area contributed by atoms with Crippen molar-refractivity contribution in [3.05, 3.63) is 64.2 Å². The predicted octanol–water partition coefficient (Wildman–Crippen LogP) is 2.79. The molecular formula is C17H16N2O6. The van der Waals surface area contributed by atoms with Crippen LogP contribution >= 0.6 is 0 Å². The summed E-state index contributed by atoms with van der Waals surface area (Å²) in [6.45, 7) is 1.45. The van der Waals surface area contributed by atoms with Crippen molar-refractivity contribution in [3.8, 4) is 5.75 Å². The van der Waals surface area contributed by atoms with Gasteiger partial charge in [0, 0.05) is 6.07 Å². The number of hydrogen-bond acceptors (Lipinski definition) is 6. The molecule has 8 heteroatoms. The van der Waals surface area contributed by atoms with Crippen LogP contribution in [-0.4, -0.2) is 30.0 Å². The Hall–Kier alpha value is -3.42. The topological polar surface area (TPSA) is 108 Å². The van der Waals surface area contributed by atoms with Gasteiger partial charge < -0.3 is 14.8 Å². The first kappa shape index (κ1) is 17.9. The van der Waals surface area contributed by atoms with Gasteiger partial charge in [0.2, 0.25) is 0 Å². The van der Waals surface area contributed by atoms with Gasteiger partial charge >= 0.3 is 11.7 Å². The molecule has 0 unspecified atom stereocenters. The van der Waals surface area contributed by atoms with Crippen molar-refractivity contribution in [2.45, 2.75) is 13.0 Å². The first-order valence-corrected chi connectivity index (χ1v) is 7.32. The molecule has 0 aliphatic carbocycles. The lowest BCUT2D eigenvalue weighted by molar-refractivity contribution is -0.386. The summed E-state index contributed by atoms with van der Waals surface area (Å²) in [5, 5.41) is 13.6. The summed E-state index contributed by atoms with van der Waals surface area (Å²) in [6.07, 6.45) is -1.02. The molecule has 1 amide bonds. The first-order chi connectivity index (χ1) is 11.9. The van der Waals surface area contributed by atoms with Crippen LogP contribution in [0.1, 0.15) is 17.3 Å². The van der Waals surface area contributed by atoms with E-state index in [0.29, 0.717) is 0 Å². The van der Waals surface area contributed by atoms with Crippen LogP contribution in [-0.2, 0) is 9.53 Å². The second kappa shape index (κ2) is 7.91. The minimum Gasteiger partial charge on any atom is -0.474 e. The van der Waals surface area contributed by atoms with Gasteiger partial charge in [0.15, 0.2) is 11.9 Å². The molecule has 0 fully saturated rings. The number of nitrogens with one attached hydrogen (secondary N) is 1. The van der Waals surface area contributed by atoms with Crippen LogP contribution < -0.4 is 10.1 Å². The van der Waals surface area contributed by atoms with Crippen LogP contribution in [0.3, 0.4) is 0 Å². The smallest absolute Gasteiger partial charge is 0.339 e. The van der Waals surface area contributed by atoms with Crippen molar-refractivity contribution >= 4 is 23.3 Å². The number of carbonyl (C=O) groups is 2. The second-order valence-electron chi connectivity index (χ2n) is 5.01. The molecule has 2 aromatic rings. The Balaban J connectivity index is 2.15. The van der Waals surface area contributed by atoms with Crippen LogP contribution in [0.4, 0.5) is 11.4 Å². The third kappa shape index (κ3) is 4.31. The fourth-order valence-corrected chi connectivity index (χ4v) is 2.07. The number of carbonyl (C=O) groups excluding carboxylic acids is 2. The van der Waals surface area contributed by atoms with Crippen LogP contribution in [0.15, 0.2) is 48.5 Å². The van der Waals surface area contributed by atoms with Gasteiger partial charge in [-0.25, -0.2) is 4.79 Å². The predicted molar refractivity (Wildman–Crippen MR) is 89.6 cm³/mol. The lowest BCUT2D eigenvalue weighted by Crippen LogP contribution is -2.31. The lowest BCUT2D eigenvalue weighted by Gasteiger charge is -2.16. The number of nitro benzene ring substituents is 1. The van der Waals surface area contributed by atoms with Gasteiger partial charge in [0.25, 0.3) is 5.91 Å². The summed E-state index contributed by atoms with van der Waals surface area (Å²) in [4.78, 5) is 34.4. The molecule has 0 saturated carbocycles. The van der Waals surface area contributed by atoms with Crippen molar-refractivity contribution < 1.29 is 24.0 Å². The number of esters is 1. The molecule has 2 aromatic carbocycles. The summed E-state index contributed by atoms with van der Waals surface area (Å²) in [5.41, 5.74) is 0.214. The molecule has 1 N–H and O–H groups in total. The fraction of sp³-hybridized carbons (Fsp3) is 0.176. The molecule has 0 spiro atoms. The zero-order chi connectivity index (χ0) is 18.4. The molecule has 0 bridgehead atoms. The quantitative estimate of drug-likeness (QED) is 0.490. The van der Waals surface area contributed by atoms with Gasteiger partial charge in [-0.2, -0.15) is 0 Å². The number of anilines is 1. The zero-order valence-electron chi connectivity index (χ0n) is 13.6. The Kier molecular flexibility index (Phi) is 5.67. The number of methoxy groups -OCH3 is 1. The SMILES string of the molecule is COC(=O)c1ccccc1NC(=O)[C@@H](C)Oc1ccccc1[N+](=O)[O-]. The monoisotopic (exact) mass is 344 g/mol. The van der Waals surface area contributed by atoms with Crippen LogP contribution in [0.5, 0.6) is 5.75 Å². The minimum atomic E-state index is -1.02. The maximum absolute atomic E-state index is 12.3. The van der Waals surface area contributed by atoms with Crippen molar-refractivity contribution in [2.24, 2.45) is 0 Å². The summed E-state index contributed by atoms with van der Waals surface area (Å²) < 4.78 is 10.1. The van der Waals surface area contributed by atoms with Gasteiger partial charge in [-0.05, 0) is 25.1 Å². The summed E-state index contributed by atoms with van der Waals surface area (Å²) in [5.74, 6) is -1.17. The molecule has 0 aromatic heterocycles. The Morgan fingerprint density at radius 2 is 1.76 bits per heavy atom. The van der Waals surface area contributed by atoms with E-state index in [4.69, 9.17) is 4.74 Å². The molecule has 0 saturated heterocycles. The maximum Gasteiger partial charge on any atom is 0.339 e. The van der Waals surface area contributed by atoms with Crippen LogP contribution in [0.25, 0.3) is 0 Å². The summed E-state index contributed by atoms with van der Waals surface area (Å²) in [6, 6.07) is 12.1. The van der Waals surface area contributed by atoms with Crippen molar-refractivity contribution in [3.63, 3.8) is 0 Å². The summed E-state index contributed by atoms with van der Waals surface area (Å²) in [7, 11) is 1.24. The molecule has 0 radical (unpaired) electrons. The highest BCUT2D eigenvalue weighted by molar-refractivity contribution is 6.02. The number of hydrogen-bond donors (Lipinski definition) is 1. The van der Waals surface area contributed by atoms with E-state index < -0.39 is 22.9 Å². The molecule has 8 nitrogen and oxygen atoms in total. The Morgan fingerprint density at radius 3 is 2.44 bits per heavy atom. The van der Waals surface area contributed by atoms with Crippen LogP contribution in [0, 0.1) is 10.1 Å². The standard InChI is InChI=1S/C17H16N2O6/c1-11(25-15-10-6-5-9-14(15)19(22)23)16(20)18-13-8-4-3-7-12(13)17(21)24-2/h3-11H,1-2H3,(H,18,20)/t11-/m1/s1. The highest BCUT2D eigenvalue weighted by Crippen LogP contribution is 2.27. The highest BCUT2D eigenvalue weighted by atomic mass is 16.6. The van der Waals surface area contributed by atoms with Gasteiger partial charge in [0.05, 0.1) is 23.3 Å². The second-order valence-corrected chi connectivity index (χ2v) is 5.01. The Bertz CT molecular complexity index is 805. The maximum atomic E-state index is 12.3. The van der Waals surface area contributed by atoms with E-state index in [0.717, 1.165) is 0 Å². The summed E-state index contributed by atoms with van der Waals surface area (Å²) >= 11 is 0. The van der Waals surface area contributed by atoms with Crippen molar-refractivity contribution in [2.75, 3.05) is 12.4 Å². The average molecular weight is 344 g/mol. The molecule has 1 atom stereocenters. The third-order valence-corrected chi connectivity index (χ3v) is 3.33. The molecule has 0 heterocycles. The molecular weight excluding hydrogens is 328 g/mol. The average Bonchev–Trinajstić information content (AvgIpc) is 2.61. The number of para-hydroxylation sites is 3. The van der Waals surface area contributed by atoms with E-state index in [1.165, 1.54) is 38.3 Å². The van der Waals surface area contributed by atoms with Crippen molar-refractivity contribution in [1.82, 2.24) is 0 Å². The normalized spacial score (nSPS) is 11.3. The number of amides is 1. The largest absolute Gasteiger partial charge is 0.474 e. The van der Waals surface area contributed by atoms with E-state index in [2.05, 4.69) is 10.1 Å². The van der Waals surface area contributed by atoms with Crippen LogP contribution in [0.2, 0.25) is 0 Å². The molecule has 0 aliphatic rings. The van der Waals surface area contributed by atoms with E-state index in [9.17, 15) is 19.7 Å². The van der Waals surface area contributed by atoms with Gasteiger partial charge in [-0.1, -0.05) is 24.3 Å². The van der Waals surface area contributed by atoms with Gasteiger partial charge in [-0.15, -0.1) is 0 Å². The molecule has 2 rings (SSSR count). The molecule has 130 valence electrons. The number of rotatable bonds is 6. The number of nitro groups is 1. The number of nitrogens with zero attached hydrogens (tertiary/aromatic N) is 1. The zero-order valence-corrected chi connectivity index (χ0v) is 13.6. The number of benzene rings is 2. The Morgan fingerprint density at radius 1 is 1.12 bits per heavy atom. The minimum absolute atomic E-state index is 0.0172. The van der Waals surface area contributed by atoms with Crippen molar-refractivity contribution in [1.29, 1.82) is 0 Å². The third-order valence-electron chi connectivity index (χ3n) is 3.33.